The van der Waals surface area contributed by atoms with Crippen LogP contribution in [0.4, 0.5) is 5.69 Å². The topological polar surface area (TPSA) is 92.4 Å². The van der Waals surface area contributed by atoms with Crippen molar-refractivity contribution in [2.75, 3.05) is 5.32 Å². The molecule has 112 valence electrons. The molecular weight excluding hydrogens is 336 g/mol. The molecule has 2 saturated carbocycles. The van der Waals surface area contributed by atoms with E-state index in [1.807, 2.05) is 6.07 Å². The van der Waals surface area contributed by atoms with E-state index in [0.29, 0.717) is 17.2 Å². The summed E-state index contributed by atoms with van der Waals surface area (Å²) in [6, 6.07) is 5.13. The van der Waals surface area contributed by atoms with Crippen molar-refractivity contribution in [3.8, 4) is 0 Å². The first-order chi connectivity index (χ1) is 9.97. The highest BCUT2D eigenvalue weighted by molar-refractivity contribution is 9.10. The van der Waals surface area contributed by atoms with Crippen LogP contribution in [0.1, 0.15) is 29.6 Å². The summed E-state index contributed by atoms with van der Waals surface area (Å²) in [5, 5.41) is 12.7. The molecule has 0 saturated heterocycles. The number of rotatable bonds is 4. The van der Waals surface area contributed by atoms with Gasteiger partial charge in [-0.15, -0.1) is 0 Å². The van der Waals surface area contributed by atoms with Crippen LogP contribution in [0.2, 0.25) is 0 Å². The quantitative estimate of drug-likeness (QED) is 0.775. The molecule has 0 aliphatic heterocycles. The van der Waals surface area contributed by atoms with E-state index in [9.17, 15) is 14.7 Å². The zero-order valence-electron chi connectivity index (χ0n) is 11.4. The van der Waals surface area contributed by atoms with E-state index in [2.05, 4.69) is 21.2 Å². The maximum Gasteiger partial charge on any atom is 0.308 e. The monoisotopic (exact) mass is 352 g/mol. The molecule has 4 atom stereocenters. The number of carboxylic acid groups (broad SMARTS) is 1. The van der Waals surface area contributed by atoms with E-state index in [-0.39, 0.29) is 17.9 Å². The van der Waals surface area contributed by atoms with Crippen LogP contribution in [0.5, 0.6) is 0 Å². The van der Waals surface area contributed by atoms with Crippen LogP contribution in [0.25, 0.3) is 0 Å². The number of carbonyl (C=O) groups excluding carboxylic acids is 1. The van der Waals surface area contributed by atoms with Gasteiger partial charge in [-0.3, -0.25) is 9.59 Å². The van der Waals surface area contributed by atoms with Crippen molar-refractivity contribution >= 4 is 33.5 Å². The highest BCUT2D eigenvalue weighted by Crippen LogP contribution is 2.49. The van der Waals surface area contributed by atoms with Gasteiger partial charge in [0, 0.05) is 16.2 Å². The predicted octanol–water partition coefficient (Wildman–Crippen LogP) is 2.46. The number of hydrogen-bond donors (Lipinski definition) is 3. The molecule has 2 aliphatic carbocycles. The van der Waals surface area contributed by atoms with Gasteiger partial charge in [-0.2, -0.15) is 0 Å². The van der Waals surface area contributed by atoms with Crippen LogP contribution in [-0.2, 0) is 4.79 Å². The molecule has 1 aromatic carbocycles. The lowest BCUT2D eigenvalue weighted by Crippen LogP contribution is -2.39. The standard InChI is InChI=1S/C15H17BrN2O3/c16-9-3-4-11(10(6-9)14(17)19)18-13-8-2-1-7(5-8)12(13)15(20)21/h3-4,6-8,12-13,18H,1-2,5H2,(H2,17,19)(H,20,21). The first kappa shape index (κ1) is 14.4. The van der Waals surface area contributed by atoms with Gasteiger partial charge in [-0.1, -0.05) is 15.9 Å². The lowest BCUT2D eigenvalue weighted by molar-refractivity contribution is -0.143. The van der Waals surface area contributed by atoms with E-state index < -0.39 is 11.9 Å². The van der Waals surface area contributed by atoms with Crippen LogP contribution in [0, 0.1) is 17.8 Å². The molecule has 2 bridgehead atoms. The van der Waals surface area contributed by atoms with Crippen LogP contribution in [0.15, 0.2) is 22.7 Å². The number of nitrogens with two attached hydrogens (primary N) is 1. The zero-order chi connectivity index (χ0) is 15.1. The second kappa shape index (κ2) is 5.33. The minimum absolute atomic E-state index is 0.125. The molecule has 21 heavy (non-hydrogen) atoms. The summed E-state index contributed by atoms with van der Waals surface area (Å²) in [6.45, 7) is 0. The average molecular weight is 353 g/mol. The lowest BCUT2D eigenvalue weighted by atomic mass is 9.84. The summed E-state index contributed by atoms with van der Waals surface area (Å²) in [7, 11) is 0. The van der Waals surface area contributed by atoms with Crippen molar-refractivity contribution in [3.63, 3.8) is 0 Å². The van der Waals surface area contributed by atoms with Crippen LogP contribution >= 0.6 is 15.9 Å². The summed E-state index contributed by atoms with van der Waals surface area (Å²) in [4.78, 5) is 23.1. The number of amides is 1. The summed E-state index contributed by atoms with van der Waals surface area (Å²) < 4.78 is 0.768. The summed E-state index contributed by atoms with van der Waals surface area (Å²) in [5.41, 5.74) is 6.42. The Morgan fingerprint density at radius 1 is 1.29 bits per heavy atom. The van der Waals surface area contributed by atoms with Gasteiger partial charge in [0.1, 0.15) is 0 Å². The lowest BCUT2D eigenvalue weighted by Gasteiger charge is -2.30. The van der Waals surface area contributed by atoms with Gasteiger partial charge in [0.05, 0.1) is 11.5 Å². The Hall–Kier alpha value is -1.56. The molecule has 6 heteroatoms. The second-order valence-electron chi connectivity index (χ2n) is 5.92. The van der Waals surface area contributed by atoms with E-state index in [0.717, 1.165) is 23.7 Å². The van der Waals surface area contributed by atoms with Crippen molar-refractivity contribution in [3.05, 3.63) is 28.2 Å². The third-order valence-corrected chi connectivity index (χ3v) is 5.26. The molecule has 1 amide bonds. The molecule has 2 aliphatic rings. The minimum Gasteiger partial charge on any atom is -0.481 e. The number of nitrogens with one attached hydrogen (secondary N) is 1. The molecule has 4 N–H and O–H groups in total. The number of fused-ring (bicyclic) bond motifs is 2. The Bertz CT molecular complexity index is 605. The fourth-order valence-electron chi connectivity index (χ4n) is 3.88. The van der Waals surface area contributed by atoms with Crippen LogP contribution < -0.4 is 11.1 Å². The molecular formula is C15H17BrN2O3. The third kappa shape index (κ3) is 2.52. The maximum absolute atomic E-state index is 11.6. The van der Waals surface area contributed by atoms with Gasteiger partial charge in [0.2, 0.25) is 0 Å². The van der Waals surface area contributed by atoms with Gasteiger partial charge < -0.3 is 16.2 Å². The number of halogens is 1. The fourth-order valence-corrected chi connectivity index (χ4v) is 4.24. The largest absolute Gasteiger partial charge is 0.481 e. The minimum atomic E-state index is -0.752. The fraction of sp³-hybridized carbons (Fsp3) is 0.467. The zero-order valence-corrected chi connectivity index (χ0v) is 13.0. The number of carbonyl (C=O) groups is 2. The van der Waals surface area contributed by atoms with Gasteiger partial charge in [0.25, 0.3) is 5.91 Å². The molecule has 0 spiro atoms. The Morgan fingerprint density at radius 2 is 2.00 bits per heavy atom. The Labute approximate surface area is 131 Å². The smallest absolute Gasteiger partial charge is 0.308 e. The third-order valence-electron chi connectivity index (χ3n) is 4.77. The number of carboxylic acids is 1. The first-order valence-corrected chi connectivity index (χ1v) is 7.85. The molecule has 3 rings (SSSR count). The number of benzene rings is 1. The Kier molecular flexibility index (Phi) is 3.65. The van der Waals surface area contributed by atoms with E-state index >= 15 is 0 Å². The van der Waals surface area contributed by atoms with Gasteiger partial charge in [0.15, 0.2) is 0 Å². The van der Waals surface area contributed by atoms with Crippen molar-refractivity contribution in [2.45, 2.75) is 25.3 Å². The molecule has 0 heterocycles. The summed E-state index contributed by atoms with van der Waals surface area (Å²) >= 11 is 3.32. The van der Waals surface area contributed by atoms with Gasteiger partial charge in [-0.05, 0) is 49.3 Å². The van der Waals surface area contributed by atoms with Crippen LogP contribution in [0.3, 0.4) is 0 Å². The number of anilines is 1. The highest BCUT2D eigenvalue weighted by atomic mass is 79.9. The van der Waals surface area contributed by atoms with Crippen molar-refractivity contribution in [2.24, 2.45) is 23.5 Å². The maximum atomic E-state index is 11.6. The Morgan fingerprint density at radius 3 is 2.67 bits per heavy atom. The normalized spacial score (nSPS) is 30.3. The number of primary amides is 1. The van der Waals surface area contributed by atoms with E-state index in [1.54, 1.807) is 12.1 Å². The summed E-state index contributed by atoms with van der Waals surface area (Å²) in [5.74, 6) is -1.04. The number of hydrogen-bond acceptors (Lipinski definition) is 3. The molecule has 4 unspecified atom stereocenters. The highest BCUT2D eigenvalue weighted by Gasteiger charge is 2.51. The molecule has 0 radical (unpaired) electrons. The van der Waals surface area contributed by atoms with Crippen molar-refractivity contribution < 1.29 is 14.7 Å². The first-order valence-electron chi connectivity index (χ1n) is 7.06. The van der Waals surface area contributed by atoms with E-state index in [1.165, 1.54) is 0 Å². The molecule has 5 nitrogen and oxygen atoms in total. The van der Waals surface area contributed by atoms with Gasteiger partial charge >= 0.3 is 5.97 Å². The molecule has 1 aromatic rings. The second-order valence-corrected chi connectivity index (χ2v) is 6.84. The van der Waals surface area contributed by atoms with Crippen molar-refractivity contribution in [1.29, 1.82) is 0 Å². The molecule has 0 aromatic heterocycles. The SMILES string of the molecule is NC(=O)c1cc(Br)ccc1NC1C2CCC(C2)C1C(=O)O. The Balaban J connectivity index is 1.89. The van der Waals surface area contributed by atoms with Crippen molar-refractivity contribution in [1.82, 2.24) is 0 Å². The average Bonchev–Trinajstić information content (AvgIpc) is 3.01. The number of aliphatic carboxylic acids is 1. The summed E-state index contributed by atoms with van der Waals surface area (Å²) in [6.07, 6.45) is 2.99. The van der Waals surface area contributed by atoms with E-state index in [4.69, 9.17) is 5.73 Å². The van der Waals surface area contributed by atoms with Gasteiger partial charge in [-0.25, -0.2) is 0 Å². The molecule has 2 fully saturated rings. The predicted molar refractivity (Wildman–Crippen MR) is 82.0 cm³/mol. The van der Waals surface area contributed by atoms with Crippen LogP contribution in [-0.4, -0.2) is 23.0 Å².